The molecule has 0 aromatic rings. The molecule has 0 saturated carbocycles. The van der Waals surface area contributed by atoms with Crippen molar-refractivity contribution in [2.24, 2.45) is 0 Å². The Morgan fingerprint density at radius 3 is 1.21 bits per heavy atom. The minimum Gasteiger partial charge on any atom is -0.462 e. The summed E-state index contributed by atoms with van der Waals surface area (Å²) < 4.78 is 26.5. The molecule has 0 spiro atoms. The van der Waals surface area contributed by atoms with Crippen LogP contribution in [0.25, 0.3) is 0 Å². The largest absolute Gasteiger partial charge is 0.469 e. The molecule has 0 aromatic heterocycles. The number of carbonyl (C=O) groups is 2. The van der Waals surface area contributed by atoms with Gasteiger partial charge in [-0.3, -0.25) is 14.1 Å². The lowest BCUT2D eigenvalue weighted by Crippen LogP contribution is -2.29. The van der Waals surface area contributed by atoms with E-state index in [-0.39, 0.29) is 19.4 Å². The van der Waals surface area contributed by atoms with Crippen molar-refractivity contribution in [2.75, 3.05) is 13.2 Å². The fourth-order valence-electron chi connectivity index (χ4n) is 6.93. The van der Waals surface area contributed by atoms with E-state index in [2.05, 4.69) is 42.7 Å². The highest BCUT2D eigenvalue weighted by Gasteiger charge is 2.23. The SMILES string of the molecule is CCCCC/C=C\C/C=C\CCCCCCCCCC(=O)OC(COC(=O)CCCCCCCCCCCCCCCCCCCCCCC)COP(=O)(O)O. The lowest BCUT2D eigenvalue weighted by atomic mass is 10.0. The molecule has 0 amide bonds. The van der Waals surface area contributed by atoms with Crippen LogP contribution in [0.5, 0.6) is 0 Å². The van der Waals surface area contributed by atoms with Gasteiger partial charge < -0.3 is 19.3 Å². The summed E-state index contributed by atoms with van der Waals surface area (Å²) in [5.41, 5.74) is 0. The summed E-state index contributed by atoms with van der Waals surface area (Å²) in [5.74, 6) is -0.881. The van der Waals surface area contributed by atoms with Gasteiger partial charge in [0, 0.05) is 12.8 Å². The second-order valence-corrected chi connectivity index (χ2v) is 17.3. The first kappa shape index (κ1) is 54.5. The Hall–Kier alpha value is -1.47. The number of phosphoric ester groups is 1. The number of phosphoric acid groups is 1. The van der Waals surface area contributed by atoms with E-state index in [0.717, 1.165) is 51.4 Å². The van der Waals surface area contributed by atoms with Gasteiger partial charge in [0.25, 0.3) is 0 Å². The molecular weight excluding hydrogens is 723 g/mol. The van der Waals surface area contributed by atoms with Crippen LogP contribution in [-0.2, 0) is 28.2 Å². The molecule has 56 heavy (non-hydrogen) atoms. The molecule has 0 heterocycles. The van der Waals surface area contributed by atoms with Crippen LogP contribution >= 0.6 is 7.82 Å². The van der Waals surface area contributed by atoms with Crippen molar-refractivity contribution in [1.29, 1.82) is 0 Å². The molecule has 0 aliphatic carbocycles. The molecule has 0 bridgehead atoms. The molecule has 8 nitrogen and oxygen atoms in total. The highest BCUT2D eigenvalue weighted by molar-refractivity contribution is 7.46. The molecule has 0 aliphatic rings. The van der Waals surface area contributed by atoms with Crippen molar-refractivity contribution in [3.05, 3.63) is 24.3 Å². The second kappa shape index (κ2) is 43.1. The van der Waals surface area contributed by atoms with Gasteiger partial charge in [0.15, 0.2) is 6.10 Å². The molecule has 1 unspecified atom stereocenters. The standard InChI is InChI=1S/C47H89O8P/c1-3-5-7-9-11-13-15-17-19-21-22-23-24-26-27-29-31-33-35-37-39-41-46(48)53-43-45(44-54-56(50,51)52)55-47(49)42-40-38-36-34-32-30-28-25-20-18-16-14-12-10-8-6-4-2/h12,14,18,20,45H,3-11,13,15-17,19,21-44H2,1-2H3,(H2,50,51,52)/b14-12-,20-18-. The van der Waals surface area contributed by atoms with Gasteiger partial charge in [-0.15, -0.1) is 0 Å². The maximum atomic E-state index is 12.4. The number of ether oxygens (including phenoxy) is 2. The number of rotatable bonds is 44. The van der Waals surface area contributed by atoms with Crippen LogP contribution in [0.4, 0.5) is 0 Å². The Kier molecular flexibility index (Phi) is 42.0. The third-order valence-corrected chi connectivity index (χ3v) is 11.0. The number of unbranched alkanes of at least 4 members (excludes halogenated alkanes) is 30. The Balaban J connectivity index is 3.82. The van der Waals surface area contributed by atoms with Crippen molar-refractivity contribution in [3.63, 3.8) is 0 Å². The molecule has 0 aromatic carbocycles. The number of allylic oxidation sites excluding steroid dienone is 4. The first-order valence-electron chi connectivity index (χ1n) is 23.6. The molecule has 0 aliphatic heterocycles. The zero-order chi connectivity index (χ0) is 41.1. The van der Waals surface area contributed by atoms with Crippen LogP contribution < -0.4 is 0 Å². The minimum atomic E-state index is -4.76. The van der Waals surface area contributed by atoms with E-state index in [1.807, 2.05) is 0 Å². The molecule has 330 valence electrons. The summed E-state index contributed by atoms with van der Waals surface area (Å²) >= 11 is 0. The third kappa shape index (κ3) is 45.2. The number of hydrogen-bond acceptors (Lipinski definition) is 6. The van der Waals surface area contributed by atoms with Crippen LogP contribution in [0.15, 0.2) is 24.3 Å². The number of esters is 2. The van der Waals surface area contributed by atoms with Crippen molar-refractivity contribution < 1.29 is 37.9 Å². The summed E-state index contributed by atoms with van der Waals surface area (Å²) in [6.45, 7) is 3.69. The smallest absolute Gasteiger partial charge is 0.462 e. The van der Waals surface area contributed by atoms with Crippen LogP contribution in [0.3, 0.4) is 0 Å². The summed E-state index contributed by atoms with van der Waals surface area (Å²) in [7, 11) is -4.76. The minimum absolute atomic E-state index is 0.206. The zero-order valence-electron chi connectivity index (χ0n) is 36.5. The van der Waals surface area contributed by atoms with Gasteiger partial charge in [-0.2, -0.15) is 0 Å². The van der Waals surface area contributed by atoms with E-state index in [9.17, 15) is 14.2 Å². The quantitative estimate of drug-likeness (QED) is 0.0270. The molecule has 9 heteroatoms. The van der Waals surface area contributed by atoms with Gasteiger partial charge in [-0.25, -0.2) is 4.57 Å². The fraction of sp³-hybridized carbons (Fsp3) is 0.872. The van der Waals surface area contributed by atoms with Crippen molar-refractivity contribution in [1.82, 2.24) is 0 Å². The summed E-state index contributed by atoms with van der Waals surface area (Å²) in [4.78, 5) is 43.0. The van der Waals surface area contributed by atoms with E-state index >= 15 is 0 Å². The summed E-state index contributed by atoms with van der Waals surface area (Å²) in [6.07, 6.45) is 50.5. The Morgan fingerprint density at radius 2 is 0.804 bits per heavy atom. The van der Waals surface area contributed by atoms with E-state index in [4.69, 9.17) is 19.3 Å². The monoisotopic (exact) mass is 813 g/mol. The highest BCUT2D eigenvalue weighted by Crippen LogP contribution is 2.36. The molecule has 0 fully saturated rings. The summed E-state index contributed by atoms with van der Waals surface area (Å²) in [5, 5.41) is 0. The third-order valence-electron chi connectivity index (χ3n) is 10.5. The van der Waals surface area contributed by atoms with Crippen molar-refractivity contribution in [3.8, 4) is 0 Å². The molecule has 1 atom stereocenters. The maximum absolute atomic E-state index is 12.4. The topological polar surface area (TPSA) is 119 Å². The van der Waals surface area contributed by atoms with Crippen LogP contribution in [-0.4, -0.2) is 41.0 Å². The lowest BCUT2D eigenvalue weighted by Gasteiger charge is -2.18. The predicted molar refractivity (Wildman–Crippen MR) is 235 cm³/mol. The Morgan fingerprint density at radius 1 is 0.464 bits per heavy atom. The summed E-state index contributed by atoms with van der Waals surface area (Å²) in [6, 6.07) is 0. The highest BCUT2D eigenvalue weighted by atomic mass is 31.2. The van der Waals surface area contributed by atoms with Crippen molar-refractivity contribution in [2.45, 2.75) is 251 Å². The Bertz CT molecular complexity index is 962. The average Bonchev–Trinajstić information content (AvgIpc) is 3.17. The fourth-order valence-corrected chi connectivity index (χ4v) is 7.30. The van der Waals surface area contributed by atoms with Crippen molar-refractivity contribution >= 4 is 19.8 Å². The molecule has 0 radical (unpaired) electrons. The number of hydrogen-bond donors (Lipinski definition) is 2. The van der Waals surface area contributed by atoms with Gasteiger partial charge in [0.2, 0.25) is 0 Å². The molecule has 0 saturated heterocycles. The van der Waals surface area contributed by atoms with Gasteiger partial charge in [0.05, 0.1) is 6.61 Å². The second-order valence-electron chi connectivity index (χ2n) is 16.1. The van der Waals surface area contributed by atoms with Gasteiger partial charge >= 0.3 is 19.8 Å². The normalized spacial score (nSPS) is 12.6. The average molecular weight is 813 g/mol. The first-order valence-corrected chi connectivity index (χ1v) is 25.2. The van der Waals surface area contributed by atoms with Gasteiger partial charge in [-0.1, -0.05) is 212 Å². The molecule has 2 N–H and O–H groups in total. The van der Waals surface area contributed by atoms with Crippen LogP contribution in [0.2, 0.25) is 0 Å². The van der Waals surface area contributed by atoms with Crippen LogP contribution in [0, 0.1) is 0 Å². The molecule has 0 rings (SSSR count). The number of carbonyl (C=O) groups excluding carboxylic acids is 2. The molecular formula is C47H89O8P. The van der Waals surface area contributed by atoms with E-state index in [1.54, 1.807) is 0 Å². The zero-order valence-corrected chi connectivity index (χ0v) is 37.4. The predicted octanol–water partition coefficient (Wildman–Crippen LogP) is 14.7. The van der Waals surface area contributed by atoms with E-state index in [1.165, 1.54) is 161 Å². The van der Waals surface area contributed by atoms with Crippen LogP contribution in [0.1, 0.15) is 245 Å². The van der Waals surface area contributed by atoms with E-state index in [0.29, 0.717) is 6.42 Å². The Labute approximate surface area is 345 Å². The lowest BCUT2D eigenvalue weighted by molar-refractivity contribution is -0.161. The van der Waals surface area contributed by atoms with Gasteiger partial charge in [-0.05, 0) is 44.9 Å². The first-order chi connectivity index (χ1) is 27.3. The van der Waals surface area contributed by atoms with E-state index < -0.39 is 32.5 Å². The maximum Gasteiger partial charge on any atom is 0.469 e. The van der Waals surface area contributed by atoms with Gasteiger partial charge in [0.1, 0.15) is 6.61 Å².